The minimum Gasteiger partial charge on any atom is -0.452 e. The Kier molecular flexibility index (Phi) is 32.9. The van der Waals surface area contributed by atoms with Crippen LogP contribution in [0.2, 0.25) is 0 Å². The number of aliphatic hydroxyl groups is 1. The Morgan fingerprint density at radius 2 is 0.632 bits per heavy atom. The van der Waals surface area contributed by atoms with Gasteiger partial charge in [0.1, 0.15) is 61.0 Å². The molecule has 6 heterocycles. The van der Waals surface area contributed by atoms with Gasteiger partial charge >= 0.3 is 35.8 Å². The van der Waals surface area contributed by atoms with Crippen LogP contribution in [0.15, 0.2) is 303 Å². The van der Waals surface area contributed by atoms with Crippen molar-refractivity contribution in [2.24, 2.45) is 0 Å². The van der Waals surface area contributed by atoms with E-state index < -0.39 is 178 Å². The molecule has 6 fully saturated rings. The Labute approximate surface area is 769 Å². The van der Waals surface area contributed by atoms with Crippen molar-refractivity contribution in [3.05, 3.63) is 359 Å². The lowest BCUT2D eigenvalue weighted by Gasteiger charge is -2.53. The van der Waals surface area contributed by atoms with E-state index in [1.54, 1.807) is 199 Å². The monoisotopic (exact) mass is 1820 g/mol. The number of unbranched alkanes of at least 4 members (excludes halogenated alkanes) is 2. The molecule has 22 atom stereocenters. The summed E-state index contributed by atoms with van der Waals surface area (Å²) in [5.41, 5.74) is 2.54. The standard InChI is InChI=1S/C104H105NO28/c1-3-5-58-114-62-76-82(86(124-94(109)69-43-23-10-24-44-69)89(126-96(111)71-47-27-12-28-48-71)101(119-76)116-60-57-105(61-66-37-17-7-18-38-66)92(107)67-39-19-8-20-40-67)132-103-91(128-98(113)73-51-31-14-32-52-73)88(84-79(122-103)65-118-100(130-84)75-55-35-16-36-56-75)133-104-90(127-97(112)72-49-29-13-30-50-72)87(125-95(110)70-45-25-11-26-46-70)83(77(120-104)63-115-59-6-4-2)131-102-85(123-93(108)68-41-21-9-22-42-68)80(106)81-78(121-102)64-117-99(129-81)74-53-33-15-34-54-74/h7-56,76-91,99-104,106H,3-6,57-65H2,1-2H3. The molecule has 10 aromatic rings. The maximum absolute atomic E-state index is 15.8. The summed E-state index contributed by atoms with van der Waals surface area (Å²) in [4.78, 5) is 108. The summed E-state index contributed by atoms with van der Waals surface area (Å²) >= 11 is 0. The zero-order chi connectivity index (χ0) is 91.8. The van der Waals surface area contributed by atoms with E-state index in [2.05, 4.69) is 0 Å². The number of rotatable bonds is 37. The van der Waals surface area contributed by atoms with Crippen molar-refractivity contribution >= 4 is 41.7 Å². The van der Waals surface area contributed by atoms with Gasteiger partial charge in [0.25, 0.3) is 5.91 Å². The van der Waals surface area contributed by atoms with Crippen molar-refractivity contribution in [2.75, 3.05) is 52.8 Å². The highest BCUT2D eigenvalue weighted by atomic mass is 16.8. The van der Waals surface area contributed by atoms with Crippen LogP contribution in [-0.2, 0) is 101 Å². The zero-order valence-corrected chi connectivity index (χ0v) is 73.2. The molecule has 1 amide bonds. The van der Waals surface area contributed by atoms with Crippen LogP contribution in [0.5, 0.6) is 0 Å². The van der Waals surface area contributed by atoms with E-state index in [0.29, 0.717) is 42.4 Å². The molecule has 16 rings (SSSR count). The number of carbonyl (C=O) groups excluding carboxylic acids is 7. The fourth-order valence-corrected chi connectivity index (χ4v) is 16.5. The normalized spacial score (nSPS) is 27.2. The van der Waals surface area contributed by atoms with Crippen molar-refractivity contribution in [1.29, 1.82) is 0 Å². The maximum atomic E-state index is 15.8. The summed E-state index contributed by atoms with van der Waals surface area (Å²) < 4.78 is 138. The Bertz CT molecular complexity index is 5340. The minimum atomic E-state index is -2.07. The third kappa shape index (κ3) is 23.9. The number of fused-ring (bicyclic) bond motifs is 2. The number of nitrogens with zero attached hydrogens (tertiary/aromatic N) is 1. The first-order valence-corrected chi connectivity index (χ1v) is 44.8. The predicted molar refractivity (Wildman–Crippen MR) is 474 cm³/mol. The molecule has 0 radical (unpaired) electrons. The Hall–Kier alpha value is -12.1. The van der Waals surface area contributed by atoms with Gasteiger partial charge in [-0.15, -0.1) is 0 Å². The van der Waals surface area contributed by atoms with Crippen molar-refractivity contribution in [3.8, 4) is 0 Å². The quantitative estimate of drug-likeness (QED) is 0.0215. The third-order valence-corrected chi connectivity index (χ3v) is 23.3. The van der Waals surface area contributed by atoms with E-state index in [0.717, 1.165) is 5.56 Å². The first-order chi connectivity index (χ1) is 65.2. The number of benzene rings is 10. The minimum absolute atomic E-state index is 0.00685. The fraction of sp³-hybridized carbons (Fsp3) is 0.356. The molecule has 22 unspecified atom stereocenters. The van der Waals surface area contributed by atoms with Gasteiger partial charge in [0.15, 0.2) is 74.4 Å². The molecule has 1 N–H and O–H groups in total. The molecule has 0 aliphatic carbocycles. The maximum Gasteiger partial charge on any atom is 0.338 e. The van der Waals surface area contributed by atoms with Crippen LogP contribution < -0.4 is 0 Å². The van der Waals surface area contributed by atoms with Gasteiger partial charge in [0.05, 0.1) is 66.4 Å². The lowest BCUT2D eigenvalue weighted by Crippen LogP contribution is -2.70. The van der Waals surface area contributed by atoms with Crippen molar-refractivity contribution in [3.63, 3.8) is 0 Å². The molecule has 29 nitrogen and oxygen atoms in total. The number of carbonyl (C=O) groups is 7. The lowest BCUT2D eigenvalue weighted by molar-refractivity contribution is -0.411. The highest BCUT2D eigenvalue weighted by Gasteiger charge is 2.63. The summed E-state index contributed by atoms with van der Waals surface area (Å²) in [6, 6.07) is 83.9. The number of amides is 1. The van der Waals surface area contributed by atoms with Crippen molar-refractivity contribution in [2.45, 2.75) is 181 Å². The van der Waals surface area contributed by atoms with Gasteiger partial charge in [0, 0.05) is 43.0 Å². The van der Waals surface area contributed by atoms with E-state index in [1.165, 1.54) is 72.8 Å². The predicted octanol–water partition coefficient (Wildman–Crippen LogP) is 14.0. The number of aliphatic hydroxyl groups excluding tert-OH is 1. The van der Waals surface area contributed by atoms with Crippen LogP contribution in [-0.4, -0.2) is 227 Å². The number of esters is 6. The van der Waals surface area contributed by atoms with Crippen LogP contribution in [0.25, 0.3) is 0 Å². The van der Waals surface area contributed by atoms with Gasteiger partial charge in [-0.25, -0.2) is 28.8 Å². The second kappa shape index (κ2) is 46.5. The Balaban J connectivity index is 0.835. The molecule has 0 aromatic heterocycles. The van der Waals surface area contributed by atoms with E-state index in [9.17, 15) is 14.7 Å². The van der Waals surface area contributed by atoms with Gasteiger partial charge in [-0.05, 0) is 103 Å². The summed E-state index contributed by atoms with van der Waals surface area (Å²) in [5, 5.41) is 13.0. The molecular weight excluding hydrogens is 1710 g/mol. The van der Waals surface area contributed by atoms with Gasteiger partial charge < -0.3 is 105 Å². The highest BCUT2D eigenvalue weighted by Crippen LogP contribution is 2.45. The largest absolute Gasteiger partial charge is 0.452 e. The molecular formula is C104H105NO28. The highest BCUT2D eigenvalue weighted by molar-refractivity contribution is 5.95. The van der Waals surface area contributed by atoms with E-state index in [4.69, 9.17) is 94.7 Å². The van der Waals surface area contributed by atoms with Gasteiger partial charge in [-0.2, -0.15) is 0 Å². The molecule has 0 saturated carbocycles. The molecule has 6 aliphatic heterocycles. The number of ether oxygens (including phenoxy) is 20. The molecule has 0 bridgehead atoms. The topological polar surface area (TPSA) is 328 Å². The number of hydrogen-bond donors (Lipinski definition) is 1. The van der Waals surface area contributed by atoms with Gasteiger partial charge in [-0.3, -0.25) is 4.79 Å². The number of hydrogen-bond acceptors (Lipinski definition) is 28. The summed E-state index contributed by atoms with van der Waals surface area (Å²) in [5.74, 6) is -6.10. The average Bonchev–Trinajstić information content (AvgIpc) is 0.744. The molecule has 0 spiro atoms. The Morgan fingerprint density at radius 1 is 0.323 bits per heavy atom. The summed E-state index contributed by atoms with van der Waals surface area (Å²) in [7, 11) is 0. The molecule has 10 aromatic carbocycles. The first kappa shape index (κ1) is 94.1. The van der Waals surface area contributed by atoms with Crippen LogP contribution >= 0.6 is 0 Å². The van der Waals surface area contributed by atoms with Gasteiger partial charge in [-0.1, -0.05) is 245 Å². The summed E-state index contributed by atoms with van der Waals surface area (Å²) in [6.45, 7) is 2.67. The fourth-order valence-electron chi connectivity index (χ4n) is 16.5. The van der Waals surface area contributed by atoms with Crippen LogP contribution in [0.1, 0.15) is 141 Å². The van der Waals surface area contributed by atoms with Crippen LogP contribution in [0, 0.1) is 0 Å². The summed E-state index contributed by atoms with van der Waals surface area (Å²) in [6.07, 6.45) is -34.2. The van der Waals surface area contributed by atoms with Gasteiger partial charge in [0.2, 0.25) is 0 Å². The molecule has 6 aliphatic rings. The smallest absolute Gasteiger partial charge is 0.338 e. The second-order valence-electron chi connectivity index (χ2n) is 32.5. The van der Waals surface area contributed by atoms with E-state index >= 15 is 24.0 Å². The van der Waals surface area contributed by atoms with E-state index in [1.807, 2.05) is 50.2 Å². The molecule has 694 valence electrons. The molecule has 133 heavy (non-hydrogen) atoms. The second-order valence-corrected chi connectivity index (χ2v) is 32.5. The lowest BCUT2D eigenvalue weighted by atomic mass is 9.94. The zero-order valence-electron chi connectivity index (χ0n) is 73.2. The molecule has 6 saturated heterocycles. The Morgan fingerprint density at radius 3 is 1.03 bits per heavy atom. The van der Waals surface area contributed by atoms with E-state index in [-0.39, 0.29) is 92.0 Å². The SMILES string of the molecule is CCCCOCC1OC(OC2C3OC(c4ccccc4)OCC3OC(OC3C(COCCCC)OC(OCCN(Cc4ccccc4)C(=O)c4ccccc4)C(OC(=O)c4ccccc4)C3OC(=O)c3ccccc3)C2OC(=O)c2ccccc2)C(OC(=O)c2ccccc2)C(OC(=O)c2ccccc2)C1OC1OC2COC(c3ccccc3)OC2C(O)C1OC(=O)c1ccccc1. The molecule has 29 heteroatoms. The van der Waals surface area contributed by atoms with Crippen molar-refractivity contribution < 1.29 is 133 Å². The first-order valence-electron chi connectivity index (χ1n) is 44.8. The van der Waals surface area contributed by atoms with Crippen LogP contribution in [0.3, 0.4) is 0 Å². The third-order valence-electron chi connectivity index (χ3n) is 23.3. The van der Waals surface area contributed by atoms with Crippen molar-refractivity contribution in [1.82, 2.24) is 4.90 Å². The van der Waals surface area contributed by atoms with Crippen LogP contribution in [0.4, 0.5) is 0 Å². The average molecular weight is 1820 g/mol.